The van der Waals surface area contributed by atoms with E-state index in [-0.39, 0.29) is 5.91 Å². The topological polar surface area (TPSA) is 72.4 Å². The largest absolute Gasteiger partial charge is 0.490 e. The van der Waals surface area contributed by atoms with Crippen molar-refractivity contribution in [2.75, 3.05) is 31.3 Å². The molecule has 0 aliphatic heterocycles. The molecule has 0 heterocycles. The number of carbonyl (C=O) groups is 1. The van der Waals surface area contributed by atoms with Crippen molar-refractivity contribution in [3.8, 4) is 17.2 Å². The maximum Gasteiger partial charge on any atom is 0.271 e. The van der Waals surface area contributed by atoms with E-state index in [0.717, 1.165) is 24.3 Å². The summed E-state index contributed by atoms with van der Waals surface area (Å²) in [6.07, 6.45) is 1.62. The van der Waals surface area contributed by atoms with E-state index in [1.165, 1.54) is 5.56 Å². The molecule has 0 aromatic heterocycles. The molecule has 0 aliphatic carbocycles. The van der Waals surface area contributed by atoms with Crippen LogP contribution in [0.25, 0.3) is 0 Å². The molecule has 1 amide bonds. The Kier molecular flexibility index (Phi) is 10.2. The van der Waals surface area contributed by atoms with Crippen LogP contribution < -0.4 is 24.5 Å². The van der Waals surface area contributed by atoms with Gasteiger partial charge in [-0.15, -0.1) is 0 Å². The summed E-state index contributed by atoms with van der Waals surface area (Å²) >= 11 is 0. The van der Waals surface area contributed by atoms with Gasteiger partial charge in [0.05, 0.1) is 26.0 Å². The Bertz CT molecular complexity index is 1100. The van der Waals surface area contributed by atoms with E-state index in [2.05, 4.69) is 58.7 Å². The zero-order valence-electron chi connectivity index (χ0n) is 21.5. The molecule has 3 rings (SSSR count). The fourth-order valence-electron chi connectivity index (χ4n) is 3.71. The lowest BCUT2D eigenvalue weighted by Crippen LogP contribution is -2.21. The molecule has 0 spiro atoms. The Balaban J connectivity index is 1.68. The van der Waals surface area contributed by atoms with Crippen LogP contribution in [0.3, 0.4) is 0 Å². The monoisotopic (exact) mass is 489 g/mol. The third-order valence-electron chi connectivity index (χ3n) is 5.41. The summed E-state index contributed by atoms with van der Waals surface area (Å²) in [4.78, 5) is 15.1. The summed E-state index contributed by atoms with van der Waals surface area (Å²) in [5.74, 6) is 1.06. The maximum atomic E-state index is 12.8. The van der Waals surface area contributed by atoms with E-state index in [1.54, 1.807) is 18.3 Å². The number of amides is 1. The molecule has 7 nitrogen and oxygen atoms in total. The van der Waals surface area contributed by atoms with Crippen molar-refractivity contribution in [1.29, 1.82) is 0 Å². The summed E-state index contributed by atoms with van der Waals surface area (Å²) in [5, 5.41) is 4.14. The number of rotatable bonds is 13. The van der Waals surface area contributed by atoms with Gasteiger partial charge in [-0.25, -0.2) is 5.43 Å². The molecule has 190 valence electrons. The minimum atomic E-state index is -0.368. The van der Waals surface area contributed by atoms with Crippen LogP contribution in [-0.2, 0) is 6.54 Å². The van der Waals surface area contributed by atoms with Crippen LogP contribution in [0.5, 0.6) is 17.2 Å². The first-order valence-electron chi connectivity index (χ1n) is 12.4. The highest BCUT2D eigenvalue weighted by molar-refractivity contribution is 5.96. The van der Waals surface area contributed by atoms with E-state index in [0.29, 0.717) is 42.6 Å². The molecule has 0 bridgehead atoms. The second kappa shape index (κ2) is 13.8. The smallest absolute Gasteiger partial charge is 0.271 e. The Morgan fingerprint density at radius 1 is 0.861 bits per heavy atom. The summed E-state index contributed by atoms with van der Waals surface area (Å²) in [6, 6.07) is 21.8. The van der Waals surface area contributed by atoms with Crippen molar-refractivity contribution >= 4 is 17.8 Å². The van der Waals surface area contributed by atoms with Crippen molar-refractivity contribution in [3.05, 3.63) is 83.4 Å². The summed E-state index contributed by atoms with van der Waals surface area (Å²) in [7, 11) is 0. The lowest BCUT2D eigenvalue weighted by Gasteiger charge is -2.23. The first-order chi connectivity index (χ1) is 17.6. The summed E-state index contributed by atoms with van der Waals surface area (Å²) in [5.41, 5.74) is 6.23. The van der Waals surface area contributed by atoms with Gasteiger partial charge in [0.25, 0.3) is 5.91 Å². The van der Waals surface area contributed by atoms with Crippen LogP contribution in [-0.4, -0.2) is 38.5 Å². The minimum Gasteiger partial charge on any atom is -0.490 e. The Morgan fingerprint density at radius 2 is 1.47 bits per heavy atom. The van der Waals surface area contributed by atoms with Crippen LogP contribution in [0.1, 0.15) is 49.2 Å². The second-order valence-corrected chi connectivity index (χ2v) is 7.89. The van der Waals surface area contributed by atoms with Crippen LogP contribution in [0, 0.1) is 0 Å². The Morgan fingerprint density at radius 3 is 2.03 bits per heavy atom. The maximum absolute atomic E-state index is 12.8. The molecule has 0 radical (unpaired) electrons. The van der Waals surface area contributed by atoms with Gasteiger partial charge in [0.15, 0.2) is 11.5 Å². The first kappa shape index (κ1) is 26.6. The van der Waals surface area contributed by atoms with E-state index >= 15 is 0 Å². The molecule has 0 fully saturated rings. The predicted octanol–water partition coefficient (Wildman–Crippen LogP) is 5.67. The molecule has 0 saturated carbocycles. The highest BCUT2D eigenvalue weighted by Gasteiger charge is 2.18. The third-order valence-corrected chi connectivity index (χ3v) is 5.41. The Labute approximate surface area is 213 Å². The predicted molar refractivity (Wildman–Crippen MR) is 145 cm³/mol. The number of benzene rings is 3. The number of nitrogens with zero attached hydrogens (tertiary/aromatic N) is 2. The van der Waals surface area contributed by atoms with Crippen molar-refractivity contribution < 1.29 is 19.0 Å². The number of hydrogen-bond donors (Lipinski definition) is 1. The average molecular weight is 490 g/mol. The molecule has 0 unspecified atom stereocenters. The number of nitrogens with one attached hydrogen (secondary N) is 1. The van der Waals surface area contributed by atoms with Gasteiger partial charge in [0.1, 0.15) is 0 Å². The third kappa shape index (κ3) is 7.25. The summed E-state index contributed by atoms with van der Waals surface area (Å²) < 4.78 is 17.1. The molecule has 3 aromatic rings. The number of ether oxygens (including phenoxy) is 3. The van der Waals surface area contributed by atoms with Crippen LogP contribution in [0.4, 0.5) is 5.69 Å². The van der Waals surface area contributed by atoms with E-state index in [9.17, 15) is 4.79 Å². The zero-order valence-corrected chi connectivity index (χ0v) is 21.5. The van der Waals surface area contributed by atoms with Crippen LogP contribution >= 0.6 is 0 Å². The van der Waals surface area contributed by atoms with Crippen LogP contribution in [0.2, 0.25) is 0 Å². The van der Waals surface area contributed by atoms with E-state index in [4.69, 9.17) is 14.2 Å². The molecular formula is C29H35N3O4. The van der Waals surface area contributed by atoms with Gasteiger partial charge in [0, 0.05) is 24.3 Å². The SMILES string of the molecule is CCOc1cc(C(=O)N/N=C\c2ccc(N(CC)Cc3ccccc3)cc2)cc(OCC)c1OCC. The van der Waals surface area contributed by atoms with E-state index in [1.807, 2.05) is 39.0 Å². The molecule has 3 aromatic carbocycles. The number of hydrazone groups is 1. The van der Waals surface area contributed by atoms with Gasteiger partial charge in [0.2, 0.25) is 5.75 Å². The molecule has 0 saturated heterocycles. The van der Waals surface area contributed by atoms with E-state index < -0.39 is 0 Å². The van der Waals surface area contributed by atoms with Gasteiger partial charge < -0.3 is 19.1 Å². The van der Waals surface area contributed by atoms with Gasteiger partial charge in [-0.05, 0) is 63.1 Å². The number of carbonyl (C=O) groups excluding carboxylic acids is 1. The van der Waals surface area contributed by atoms with Crippen LogP contribution in [0.15, 0.2) is 71.8 Å². The molecule has 0 aliphatic rings. The fraction of sp³-hybridized carbons (Fsp3) is 0.310. The average Bonchev–Trinajstić information content (AvgIpc) is 2.90. The van der Waals surface area contributed by atoms with Crippen molar-refractivity contribution in [2.45, 2.75) is 34.2 Å². The van der Waals surface area contributed by atoms with Gasteiger partial charge in [-0.2, -0.15) is 5.10 Å². The lowest BCUT2D eigenvalue weighted by atomic mass is 10.1. The molecule has 36 heavy (non-hydrogen) atoms. The highest BCUT2D eigenvalue weighted by atomic mass is 16.5. The standard InChI is InChI=1S/C29H35N3O4/c1-5-32(21-23-12-10-9-11-13-23)25-16-14-22(15-17-25)20-30-31-29(33)24-18-26(34-6-2)28(36-8-4)27(19-24)35-7-3/h9-20H,5-8,21H2,1-4H3,(H,31,33)/b30-20-. The number of anilines is 1. The highest BCUT2D eigenvalue weighted by Crippen LogP contribution is 2.39. The molecular weight excluding hydrogens is 454 g/mol. The summed E-state index contributed by atoms with van der Waals surface area (Å²) in [6.45, 7) is 10.8. The lowest BCUT2D eigenvalue weighted by molar-refractivity contribution is 0.0954. The minimum absolute atomic E-state index is 0.368. The fourth-order valence-corrected chi connectivity index (χ4v) is 3.71. The molecule has 0 atom stereocenters. The quantitative estimate of drug-likeness (QED) is 0.247. The normalized spacial score (nSPS) is 10.8. The van der Waals surface area contributed by atoms with Gasteiger partial charge in [-0.1, -0.05) is 42.5 Å². The molecule has 7 heteroatoms. The second-order valence-electron chi connectivity index (χ2n) is 7.89. The zero-order chi connectivity index (χ0) is 25.8. The van der Waals surface area contributed by atoms with Crippen molar-refractivity contribution in [3.63, 3.8) is 0 Å². The van der Waals surface area contributed by atoms with Gasteiger partial charge in [-0.3, -0.25) is 4.79 Å². The number of hydrogen-bond acceptors (Lipinski definition) is 6. The van der Waals surface area contributed by atoms with Crippen molar-refractivity contribution in [1.82, 2.24) is 5.43 Å². The Hall–Kier alpha value is -4.00. The first-order valence-corrected chi connectivity index (χ1v) is 12.4. The molecule has 1 N–H and O–H groups in total. The van der Waals surface area contributed by atoms with Crippen molar-refractivity contribution in [2.24, 2.45) is 5.10 Å². The van der Waals surface area contributed by atoms with Gasteiger partial charge >= 0.3 is 0 Å².